The first-order valence-corrected chi connectivity index (χ1v) is 9.53. The number of fused-ring (bicyclic) bond motifs is 1. The molecule has 0 aliphatic carbocycles. The van der Waals surface area contributed by atoms with Crippen LogP contribution in [-0.4, -0.2) is 46.4 Å². The van der Waals surface area contributed by atoms with Crippen molar-refractivity contribution in [3.8, 4) is 23.0 Å². The number of carbonyl (C=O) groups is 2. The van der Waals surface area contributed by atoms with Crippen molar-refractivity contribution in [2.24, 2.45) is 0 Å². The molecule has 0 aromatic heterocycles. The van der Waals surface area contributed by atoms with Crippen LogP contribution in [-0.2, 0) is 9.53 Å². The first-order chi connectivity index (χ1) is 14.5. The third kappa shape index (κ3) is 4.71. The van der Waals surface area contributed by atoms with Gasteiger partial charge in [-0.25, -0.2) is 0 Å². The van der Waals surface area contributed by atoms with Gasteiger partial charge in [-0.15, -0.1) is 0 Å². The summed E-state index contributed by atoms with van der Waals surface area (Å²) in [7, 11) is 4.32. The van der Waals surface area contributed by atoms with E-state index < -0.39 is 17.9 Å². The molecule has 1 aliphatic heterocycles. The lowest BCUT2D eigenvalue weighted by atomic mass is 10.0. The molecule has 1 amide bonds. The Balaban J connectivity index is 1.89. The number of halogens is 1. The smallest absolute Gasteiger partial charge is 0.307 e. The van der Waals surface area contributed by atoms with Gasteiger partial charge in [0.1, 0.15) is 13.2 Å². The van der Waals surface area contributed by atoms with Gasteiger partial charge in [0.15, 0.2) is 23.0 Å². The van der Waals surface area contributed by atoms with Gasteiger partial charge in [0.05, 0.1) is 38.8 Å². The minimum atomic E-state index is -0.670. The van der Waals surface area contributed by atoms with Crippen LogP contribution in [0.2, 0.25) is 5.02 Å². The highest BCUT2D eigenvalue weighted by molar-refractivity contribution is 6.32. The molecule has 1 N–H and O–H groups in total. The molecule has 160 valence electrons. The number of rotatable bonds is 7. The van der Waals surface area contributed by atoms with Gasteiger partial charge in [0.2, 0.25) is 0 Å². The van der Waals surface area contributed by atoms with E-state index in [4.69, 9.17) is 35.3 Å². The van der Waals surface area contributed by atoms with Gasteiger partial charge in [-0.1, -0.05) is 17.7 Å². The molecule has 1 aliphatic rings. The van der Waals surface area contributed by atoms with Crippen molar-refractivity contribution >= 4 is 23.5 Å². The van der Waals surface area contributed by atoms with E-state index in [0.717, 1.165) is 0 Å². The number of nitrogens with one attached hydrogen (secondary N) is 1. The SMILES string of the molecule is COC(=O)CC(NC(=O)c1cc(Cl)c2c(c1)OCCO2)c1ccc(OC)c(OC)c1. The maximum atomic E-state index is 12.9. The monoisotopic (exact) mass is 435 g/mol. The van der Waals surface area contributed by atoms with E-state index in [1.807, 2.05) is 0 Å². The van der Waals surface area contributed by atoms with Gasteiger partial charge in [0, 0.05) is 5.56 Å². The Morgan fingerprint density at radius 1 is 1.07 bits per heavy atom. The standard InChI is InChI=1S/C21H22ClNO7/c1-26-16-5-4-12(9-17(16)27-2)15(11-19(24)28-3)23-21(25)13-8-14(22)20-18(10-13)29-6-7-30-20/h4-5,8-10,15H,6-7,11H2,1-3H3,(H,23,25). The number of ether oxygens (including phenoxy) is 5. The minimum Gasteiger partial charge on any atom is -0.493 e. The van der Waals surface area contributed by atoms with E-state index in [2.05, 4.69) is 5.32 Å². The Bertz CT molecular complexity index is 947. The van der Waals surface area contributed by atoms with Crippen molar-refractivity contribution in [2.75, 3.05) is 34.5 Å². The van der Waals surface area contributed by atoms with Crippen LogP contribution in [0.1, 0.15) is 28.4 Å². The van der Waals surface area contributed by atoms with Crippen LogP contribution >= 0.6 is 11.6 Å². The number of esters is 1. The maximum absolute atomic E-state index is 12.9. The van der Waals surface area contributed by atoms with Crippen molar-refractivity contribution < 1.29 is 33.3 Å². The van der Waals surface area contributed by atoms with Crippen LogP contribution in [0.5, 0.6) is 23.0 Å². The van der Waals surface area contributed by atoms with E-state index in [1.54, 1.807) is 24.3 Å². The van der Waals surface area contributed by atoms with Crippen LogP contribution in [0, 0.1) is 0 Å². The first kappa shape index (κ1) is 21.6. The number of hydrogen-bond acceptors (Lipinski definition) is 7. The lowest BCUT2D eigenvalue weighted by molar-refractivity contribution is -0.141. The molecule has 8 nitrogen and oxygen atoms in total. The first-order valence-electron chi connectivity index (χ1n) is 9.15. The fourth-order valence-corrected chi connectivity index (χ4v) is 3.32. The quantitative estimate of drug-likeness (QED) is 0.668. The highest BCUT2D eigenvalue weighted by Crippen LogP contribution is 2.38. The van der Waals surface area contributed by atoms with Crippen LogP contribution in [0.15, 0.2) is 30.3 Å². The fourth-order valence-electron chi connectivity index (χ4n) is 3.06. The van der Waals surface area contributed by atoms with E-state index in [-0.39, 0.29) is 17.0 Å². The molecule has 2 aromatic rings. The molecule has 1 atom stereocenters. The molecule has 1 unspecified atom stereocenters. The van der Waals surface area contributed by atoms with Crippen molar-refractivity contribution in [3.63, 3.8) is 0 Å². The van der Waals surface area contributed by atoms with E-state index >= 15 is 0 Å². The van der Waals surface area contributed by atoms with Crippen LogP contribution < -0.4 is 24.3 Å². The summed E-state index contributed by atoms with van der Waals surface area (Å²) in [6.45, 7) is 0.754. The van der Waals surface area contributed by atoms with Gasteiger partial charge in [-0.3, -0.25) is 9.59 Å². The average molecular weight is 436 g/mol. The van der Waals surface area contributed by atoms with Gasteiger partial charge in [-0.2, -0.15) is 0 Å². The molecule has 2 aromatic carbocycles. The second-order valence-corrected chi connectivity index (χ2v) is 6.81. The summed E-state index contributed by atoms with van der Waals surface area (Å²) in [6, 6.07) is 7.52. The fraction of sp³-hybridized carbons (Fsp3) is 0.333. The Hall–Kier alpha value is -3.13. The summed E-state index contributed by atoms with van der Waals surface area (Å²) in [4.78, 5) is 24.9. The topological polar surface area (TPSA) is 92.3 Å². The van der Waals surface area contributed by atoms with Crippen molar-refractivity contribution in [1.82, 2.24) is 5.32 Å². The summed E-state index contributed by atoms with van der Waals surface area (Å²) in [6.07, 6.45) is -0.0734. The number of benzene rings is 2. The van der Waals surface area contributed by atoms with Crippen molar-refractivity contribution in [3.05, 3.63) is 46.5 Å². The molecule has 30 heavy (non-hydrogen) atoms. The van der Waals surface area contributed by atoms with Crippen molar-refractivity contribution in [2.45, 2.75) is 12.5 Å². The molecule has 1 heterocycles. The third-order valence-electron chi connectivity index (χ3n) is 4.57. The van der Waals surface area contributed by atoms with Gasteiger partial charge >= 0.3 is 5.97 Å². The number of amides is 1. The Morgan fingerprint density at radius 3 is 2.50 bits per heavy atom. The number of carbonyl (C=O) groups excluding carboxylic acids is 2. The molecular weight excluding hydrogens is 414 g/mol. The number of methoxy groups -OCH3 is 3. The largest absolute Gasteiger partial charge is 0.493 e. The third-order valence-corrected chi connectivity index (χ3v) is 4.85. The lowest BCUT2D eigenvalue weighted by Crippen LogP contribution is -2.30. The van der Waals surface area contributed by atoms with Crippen LogP contribution in [0.3, 0.4) is 0 Å². The van der Waals surface area contributed by atoms with Gasteiger partial charge in [0.25, 0.3) is 5.91 Å². The summed E-state index contributed by atoms with van der Waals surface area (Å²) >= 11 is 6.24. The van der Waals surface area contributed by atoms with Gasteiger partial charge in [-0.05, 0) is 29.8 Å². The molecule has 9 heteroatoms. The Morgan fingerprint density at radius 2 is 1.80 bits per heavy atom. The van der Waals surface area contributed by atoms with Gasteiger partial charge < -0.3 is 29.0 Å². The molecule has 0 bridgehead atoms. The van der Waals surface area contributed by atoms with E-state index in [0.29, 0.717) is 41.8 Å². The van der Waals surface area contributed by atoms with Crippen molar-refractivity contribution in [1.29, 1.82) is 0 Å². The summed E-state index contributed by atoms with van der Waals surface area (Å²) in [5.74, 6) is 0.900. The number of hydrogen-bond donors (Lipinski definition) is 1. The highest BCUT2D eigenvalue weighted by atomic mass is 35.5. The normalized spacial score (nSPS) is 13.2. The molecule has 0 fully saturated rings. The lowest BCUT2D eigenvalue weighted by Gasteiger charge is -2.22. The highest BCUT2D eigenvalue weighted by Gasteiger charge is 2.24. The van der Waals surface area contributed by atoms with E-state index in [1.165, 1.54) is 27.4 Å². The van der Waals surface area contributed by atoms with Crippen LogP contribution in [0.4, 0.5) is 0 Å². The zero-order valence-corrected chi connectivity index (χ0v) is 17.6. The summed E-state index contributed by atoms with van der Waals surface area (Å²) in [5.41, 5.74) is 0.926. The zero-order chi connectivity index (χ0) is 21.7. The second kappa shape index (κ2) is 9.58. The molecule has 3 rings (SSSR count). The molecule has 0 saturated carbocycles. The molecule has 0 radical (unpaired) electrons. The maximum Gasteiger partial charge on any atom is 0.307 e. The summed E-state index contributed by atoms with van der Waals surface area (Å²) in [5, 5.41) is 3.12. The Kier molecular flexibility index (Phi) is 6.89. The zero-order valence-electron chi connectivity index (χ0n) is 16.8. The predicted octanol–water partition coefficient (Wildman–Crippen LogP) is 3.16. The van der Waals surface area contributed by atoms with Crippen LogP contribution in [0.25, 0.3) is 0 Å². The van der Waals surface area contributed by atoms with E-state index in [9.17, 15) is 9.59 Å². The molecular formula is C21H22ClNO7. The predicted molar refractivity (Wildman–Crippen MR) is 109 cm³/mol. The molecule has 0 spiro atoms. The second-order valence-electron chi connectivity index (χ2n) is 6.40. The average Bonchev–Trinajstić information content (AvgIpc) is 2.77. The molecule has 0 saturated heterocycles. The Labute approximate surface area is 179 Å². The minimum absolute atomic E-state index is 0.0734. The summed E-state index contributed by atoms with van der Waals surface area (Å²) < 4.78 is 26.4.